The van der Waals surface area contributed by atoms with Crippen molar-refractivity contribution in [2.24, 2.45) is 0 Å². The second kappa shape index (κ2) is 5.87. The van der Waals surface area contributed by atoms with Gasteiger partial charge in [-0.2, -0.15) is 0 Å². The summed E-state index contributed by atoms with van der Waals surface area (Å²) >= 11 is 3.19. The van der Waals surface area contributed by atoms with E-state index in [-0.39, 0.29) is 5.56 Å². The molecule has 104 valence electrons. The van der Waals surface area contributed by atoms with Gasteiger partial charge in [0.2, 0.25) is 0 Å². The quantitative estimate of drug-likeness (QED) is 0.788. The highest BCUT2D eigenvalue weighted by molar-refractivity contribution is 7.17. The minimum atomic E-state index is 0.0515. The zero-order valence-electron chi connectivity index (χ0n) is 11.1. The molecule has 0 spiro atoms. The summed E-state index contributed by atoms with van der Waals surface area (Å²) < 4.78 is 2.41. The second-order valence-corrected chi connectivity index (χ2v) is 6.46. The summed E-state index contributed by atoms with van der Waals surface area (Å²) in [6.45, 7) is 3.52. The van der Waals surface area contributed by atoms with Crippen molar-refractivity contribution < 1.29 is 0 Å². The smallest absolute Gasteiger partial charge is 0.271 e. The van der Waals surface area contributed by atoms with E-state index in [4.69, 9.17) is 0 Å². The number of thiophene rings is 2. The number of aromatic nitrogens is 2. The first-order valence-electron chi connectivity index (χ1n) is 6.45. The standard InChI is InChI=1S/C14H15N3OS2/c1-10(12-3-2-7-19-12)15-5-6-17-9-16-11-4-8-20-13(11)14(17)18/h2-4,7-10,15H,5-6H2,1H3. The molecule has 0 aliphatic heterocycles. The van der Waals surface area contributed by atoms with Crippen LogP contribution in [-0.4, -0.2) is 16.1 Å². The van der Waals surface area contributed by atoms with Crippen LogP contribution in [0.5, 0.6) is 0 Å². The molecule has 3 aromatic rings. The van der Waals surface area contributed by atoms with E-state index >= 15 is 0 Å². The minimum absolute atomic E-state index is 0.0515. The number of fused-ring (bicyclic) bond motifs is 1. The zero-order valence-corrected chi connectivity index (χ0v) is 12.7. The average Bonchev–Trinajstić information content (AvgIpc) is 3.11. The third-order valence-corrected chi connectivity index (χ3v) is 5.16. The highest BCUT2D eigenvalue weighted by atomic mass is 32.1. The number of nitrogens with zero attached hydrogens (tertiary/aromatic N) is 2. The lowest BCUT2D eigenvalue weighted by molar-refractivity contribution is 0.528. The van der Waals surface area contributed by atoms with Crippen LogP contribution in [0, 0.1) is 0 Å². The Hall–Kier alpha value is -1.50. The van der Waals surface area contributed by atoms with E-state index < -0.39 is 0 Å². The molecule has 1 unspecified atom stereocenters. The first-order chi connectivity index (χ1) is 9.75. The monoisotopic (exact) mass is 305 g/mol. The van der Waals surface area contributed by atoms with E-state index in [0.29, 0.717) is 12.6 Å². The van der Waals surface area contributed by atoms with Gasteiger partial charge in [-0.1, -0.05) is 6.07 Å². The van der Waals surface area contributed by atoms with E-state index in [1.165, 1.54) is 16.2 Å². The first-order valence-corrected chi connectivity index (χ1v) is 8.21. The van der Waals surface area contributed by atoms with Gasteiger partial charge in [0.1, 0.15) is 4.70 Å². The van der Waals surface area contributed by atoms with E-state index in [1.54, 1.807) is 22.2 Å². The Morgan fingerprint density at radius 3 is 3.05 bits per heavy atom. The number of rotatable bonds is 5. The summed E-state index contributed by atoms with van der Waals surface area (Å²) in [5.74, 6) is 0. The molecule has 0 aliphatic rings. The largest absolute Gasteiger partial charge is 0.308 e. The molecule has 0 amide bonds. The Bertz CT molecular complexity index is 745. The van der Waals surface area contributed by atoms with Crippen molar-refractivity contribution in [3.05, 3.63) is 50.5 Å². The summed E-state index contributed by atoms with van der Waals surface area (Å²) in [6, 6.07) is 6.36. The molecule has 0 aromatic carbocycles. The van der Waals surface area contributed by atoms with Gasteiger partial charge in [-0.05, 0) is 29.8 Å². The van der Waals surface area contributed by atoms with Crippen LogP contribution in [0.1, 0.15) is 17.8 Å². The van der Waals surface area contributed by atoms with E-state index in [2.05, 4.69) is 34.7 Å². The van der Waals surface area contributed by atoms with Crippen LogP contribution in [0.25, 0.3) is 10.2 Å². The highest BCUT2D eigenvalue weighted by Crippen LogP contribution is 2.17. The lowest BCUT2D eigenvalue weighted by atomic mass is 10.3. The Labute approximate surface area is 124 Å². The molecule has 0 aliphatic carbocycles. The van der Waals surface area contributed by atoms with Gasteiger partial charge in [-0.3, -0.25) is 9.36 Å². The number of nitrogens with one attached hydrogen (secondary N) is 1. The maximum absolute atomic E-state index is 12.2. The van der Waals surface area contributed by atoms with Gasteiger partial charge in [0, 0.05) is 24.0 Å². The molecule has 0 fully saturated rings. The van der Waals surface area contributed by atoms with Crippen LogP contribution in [-0.2, 0) is 6.54 Å². The van der Waals surface area contributed by atoms with Gasteiger partial charge in [0.25, 0.3) is 5.56 Å². The molecule has 3 heterocycles. The van der Waals surface area contributed by atoms with Crippen LogP contribution in [0.2, 0.25) is 0 Å². The van der Waals surface area contributed by atoms with Crippen molar-refractivity contribution in [3.8, 4) is 0 Å². The second-order valence-electron chi connectivity index (χ2n) is 4.57. The van der Waals surface area contributed by atoms with Gasteiger partial charge in [0.15, 0.2) is 0 Å². The molecule has 0 radical (unpaired) electrons. The molecule has 3 rings (SSSR count). The molecule has 0 saturated heterocycles. The summed E-state index contributed by atoms with van der Waals surface area (Å²) in [4.78, 5) is 17.8. The average molecular weight is 305 g/mol. The van der Waals surface area contributed by atoms with Crippen LogP contribution in [0.3, 0.4) is 0 Å². The van der Waals surface area contributed by atoms with Crippen molar-refractivity contribution in [2.45, 2.75) is 19.5 Å². The van der Waals surface area contributed by atoms with Crippen LogP contribution >= 0.6 is 22.7 Å². The molecule has 1 atom stereocenters. The Morgan fingerprint density at radius 1 is 1.35 bits per heavy atom. The van der Waals surface area contributed by atoms with Gasteiger partial charge in [0.05, 0.1) is 11.8 Å². The molecule has 0 bridgehead atoms. The van der Waals surface area contributed by atoms with Gasteiger partial charge < -0.3 is 5.32 Å². The number of hydrogen-bond donors (Lipinski definition) is 1. The van der Waals surface area contributed by atoms with Crippen molar-refractivity contribution in [1.29, 1.82) is 0 Å². The first kappa shape index (κ1) is 13.5. The number of hydrogen-bond acceptors (Lipinski definition) is 5. The molecule has 20 heavy (non-hydrogen) atoms. The van der Waals surface area contributed by atoms with Gasteiger partial charge >= 0.3 is 0 Å². The molecule has 3 aromatic heterocycles. The fourth-order valence-corrected chi connectivity index (χ4v) is 3.63. The summed E-state index contributed by atoms with van der Waals surface area (Å²) in [5, 5.41) is 7.41. The predicted molar refractivity (Wildman–Crippen MR) is 84.6 cm³/mol. The highest BCUT2D eigenvalue weighted by Gasteiger charge is 2.07. The van der Waals surface area contributed by atoms with Crippen LogP contribution in [0.4, 0.5) is 0 Å². The topological polar surface area (TPSA) is 46.9 Å². The maximum Gasteiger partial charge on any atom is 0.271 e. The van der Waals surface area contributed by atoms with Crippen molar-refractivity contribution in [2.75, 3.05) is 6.54 Å². The predicted octanol–water partition coefficient (Wildman–Crippen LogP) is 2.87. The third kappa shape index (κ3) is 2.67. The molecule has 4 nitrogen and oxygen atoms in total. The molecule has 1 N–H and O–H groups in total. The fraction of sp³-hybridized carbons (Fsp3) is 0.286. The SMILES string of the molecule is CC(NCCn1cnc2ccsc2c1=O)c1cccs1. The minimum Gasteiger partial charge on any atom is -0.308 e. The summed E-state index contributed by atoms with van der Waals surface area (Å²) in [5.41, 5.74) is 0.840. The van der Waals surface area contributed by atoms with Crippen LogP contribution < -0.4 is 10.9 Å². The van der Waals surface area contributed by atoms with Crippen LogP contribution in [0.15, 0.2) is 40.1 Å². The lowest BCUT2D eigenvalue weighted by Gasteiger charge is -2.12. The third-order valence-electron chi connectivity index (χ3n) is 3.21. The molecule has 6 heteroatoms. The van der Waals surface area contributed by atoms with Crippen molar-refractivity contribution in [3.63, 3.8) is 0 Å². The van der Waals surface area contributed by atoms with E-state index in [0.717, 1.165) is 16.8 Å². The van der Waals surface area contributed by atoms with Gasteiger partial charge in [-0.15, -0.1) is 22.7 Å². The normalized spacial score (nSPS) is 12.8. The lowest BCUT2D eigenvalue weighted by Crippen LogP contribution is -2.28. The van der Waals surface area contributed by atoms with E-state index in [9.17, 15) is 4.79 Å². The molecular formula is C14H15N3OS2. The Balaban J connectivity index is 1.65. The Morgan fingerprint density at radius 2 is 2.25 bits per heavy atom. The van der Waals surface area contributed by atoms with E-state index in [1.807, 2.05) is 11.4 Å². The van der Waals surface area contributed by atoms with Crippen molar-refractivity contribution >= 4 is 32.9 Å². The summed E-state index contributed by atoms with van der Waals surface area (Å²) in [7, 11) is 0. The van der Waals surface area contributed by atoms with Gasteiger partial charge in [-0.25, -0.2) is 4.98 Å². The summed E-state index contributed by atoms with van der Waals surface area (Å²) in [6.07, 6.45) is 1.63. The fourth-order valence-electron chi connectivity index (χ4n) is 2.08. The Kier molecular flexibility index (Phi) is 3.95. The maximum atomic E-state index is 12.2. The zero-order chi connectivity index (χ0) is 13.9. The molecular weight excluding hydrogens is 290 g/mol. The molecule has 0 saturated carbocycles. The van der Waals surface area contributed by atoms with Crippen molar-refractivity contribution in [1.82, 2.24) is 14.9 Å².